The molecule has 19 N–H and O–H groups in total. The third-order valence-electron chi connectivity index (χ3n) is 20.0. The first kappa shape index (κ1) is 85.3. The number of aromatic nitrogens is 22. The van der Waals surface area contributed by atoms with E-state index < -0.39 is 194 Å². The largest absolute Gasteiger partial charge is 0.780 e. The highest BCUT2D eigenvalue weighted by atomic mass is 32.7. The summed E-state index contributed by atoms with van der Waals surface area (Å²) >= 11 is 21.0. The lowest BCUT2D eigenvalue weighted by Crippen LogP contribution is -2.46. The number of hydrogen-bond acceptors (Lipinski definition) is 48. The van der Waals surface area contributed by atoms with Crippen molar-refractivity contribution in [3.8, 4) is 0 Å². The molecule has 4 unspecified atom stereocenters. The van der Waals surface area contributed by atoms with Crippen molar-refractivity contribution in [1.82, 2.24) is 103 Å². The summed E-state index contributed by atoms with van der Waals surface area (Å²) in [6, 6.07) is 1.38. The Balaban J connectivity index is 0.000000179. The second kappa shape index (κ2) is 34.4. The molecule has 0 spiro atoms. The lowest BCUT2D eigenvalue weighted by molar-refractivity contribution is -0.728. The van der Waals surface area contributed by atoms with Gasteiger partial charge in [-0.2, -0.15) is 14.5 Å². The number of anilines is 6. The summed E-state index contributed by atoms with van der Waals surface area (Å²) in [7, 11) is 0. The maximum absolute atomic E-state index is 13.8. The smallest absolute Gasteiger partial charge is 0.351 e. The van der Waals surface area contributed by atoms with E-state index in [1.807, 2.05) is 0 Å². The van der Waals surface area contributed by atoms with Gasteiger partial charge in [0, 0.05) is 44.7 Å². The van der Waals surface area contributed by atoms with E-state index in [-0.39, 0.29) is 96.0 Å². The summed E-state index contributed by atoms with van der Waals surface area (Å²) in [5, 5.41) is 41.8. The highest BCUT2D eigenvalue weighted by Gasteiger charge is 2.47. The number of rotatable bonds is 28. The van der Waals surface area contributed by atoms with Crippen LogP contribution in [0.25, 0.3) is 55.8 Å². The van der Waals surface area contributed by atoms with Gasteiger partial charge in [-0.05, 0) is 6.07 Å². The van der Waals surface area contributed by atoms with Gasteiger partial charge in [-0.25, -0.2) is 59.6 Å². The quantitative estimate of drug-likeness (QED) is 0.0125. The lowest BCUT2D eigenvalue weighted by Gasteiger charge is -2.35. The fraction of sp³-hybridized carbons (Fsp3) is 0.508. The number of aromatic amines is 3. The van der Waals surface area contributed by atoms with Crippen LogP contribution in [0.3, 0.4) is 0 Å². The molecule has 644 valence electrons. The topological polar surface area (TPSA) is 747 Å². The van der Waals surface area contributed by atoms with E-state index >= 15 is 0 Å². The van der Waals surface area contributed by atoms with Crippen molar-refractivity contribution in [2.45, 2.75) is 149 Å². The van der Waals surface area contributed by atoms with Crippen molar-refractivity contribution in [3.05, 3.63) is 94.1 Å². The number of nitrogens with two attached hydrogens (primary N) is 6. The summed E-state index contributed by atoms with van der Waals surface area (Å²) in [6.45, 7) is -20.8. The Bertz CT molecular complexity index is 6050. The van der Waals surface area contributed by atoms with Crippen molar-refractivity contribution < 1.29 is 109 Å². The fourth-order valence-electron chi connectivity index (χ4n) is 14.4. The number of aliphatic hydroxyl groups excluding tert-OH is 4. The number of nitrogens with zero attached hydrogens (tertiary/aromatic N) is 19. The minimum Gasteiger partial charge on any atom is -0.780 e. The molecule has 0 aliphatic carbocycles. The van der Waals surface area contributed by atoms with Crippen molar-refractivity contribution in [2.75, 3.05) is 74.0 Å². The molecular formula is C59H71N28O25P4S4-3. The molecule has 6 saturated heterocycles. The van der Waals surface area contributed by atoms with Crippen LogP contribution in [0.5, 0.6) is 0 Å². The highest BCUT2D eigenvalue weighted by Crippen LogP contribution is 2.54. The molecule has 61 heteroatoms. The van der Waals surface area contributed by atoms with Gasteiger partial charge in [0.1, 0.15) is 129 Å². The van der Waals surface area contributed by atoms with Gasteiger partial charge in [0.15, 0.2) is 70.4 Å². The van der Waals surface area contributed by atoms with Crippen molar-refractivity contribution >= 4 is 166 Å². The van der Waals surface area contributed by atoms with E-state index in [0.29, 0.717) is 33.5 Å². The standard InChI is InChI=1S/C30H37N15O12P2S2.C29H37N13O13P2S2/c31-24-21-26(37-8-35-24)43(10-40-21)18-1-12(47)16(54-18)5-51-58(49,60)57-14-2-19(44-11-41-22-25(32)36-9-38-27(22)44)55-17(14)6-52-59(50,61)56-13-3-20(53-15(13)4-46)45-28-23(34-7-39-28)29(48)42-30(45)33;30-18-1-2-40(29(46)37-18)20-4-13(15(6-43)51-20)54-57(48,59)50-8-17-14(5-21(53-17)42-11-36-23-26(42)38-28(32)39-27(23)45)55-56(47,58)49-7-16-12(44)3-19(52-16)41-10-35-22-24(31)33-9-34-25(22)41/h7-20,46-47H,1-6H2,(H9,31,32,33,34,35,36,37,38,39,42,48,49,50,60,61);1-2,9-17,19-21,43-44H,3-8H2,(H,47,58)(H,48,59)(H2,30,37,46)(H2,31,33,34)(H3,32,38,39,45)/p-3/t12-,13-,14-,15-,16-,17-,18-,19-,20-,58?,59?;12-,13-,14-,15-,16-,17-,19-,20-,21-,56?,57?/m11/s1. The Morgan fingerprint density at radius 2 is 0.917 bits per heavy atom. The molecule has 11 aromatic rings. The number of hydrogen-bond donors (Lipinski definition) is 13. The van der Waals surface area contributed by atoms with Crippen molar-refractivity contribution in [1.29, 1.82) is 0 Å². The zero-order valence-electron chi connectivity index (χ0n) is 61.4. The van der Waals surface area contributed by atoms with E-state index in [9.17, 15) is 54.1 Å². The van der Waals surface area contributed by atoms with E-state index in [1.54, 1.807) is 13.7 Å². The molecule has 22 atom stereocenters. The van der Waals surface area contributed by atoms with E-state index in [2.05, 4.69) is 79.7 Å². The second-order valence-corrected chi connectivity index (χ2v) is 38.4. The summed E-state index contributed by atoms with van der Waals surface area (Å²) in [5.74, 6) is 0.159. The molecule has 0 radical (unpaired) electrons. The minimum absolute atomic E-state index is 0.00906. The maximum Gasteiger partial charge on any atom is 0.351 e. The predicted molar refractivity (Wildman–Crippen MR) is 414 cm³/mol. The second-order valence-electron chi connectivity index (χ2n) is 27.6. The molecule has 120 heavy (non-hydrogen) atoms. The molecule has 11 aromatic heterocycles. The summed E-state index contributed by atoms with van der Waals surface area (Å²) in [4.78, 5) is 139. The van der Waals surface area contributed by atoms with Crippen molar-refractivity contribution in [2.24, 2.45) is 0 Å². The normalized spacial score (nSPS) is 29.1. The first-order valence-electron chi connectivity index (χ1n) is 35.9. The van der Waals surface area contributed by atoms with Crippen LogP contribution in [0.15, 0.2) is 77.3 Å². The van der Waals surface area contributed by atoms with Gasteiger partial charge in [-0.3, -0.25) is 42.0 Å². The van der Waals surface area contributed by atoms with Gasteiger partial charge >= 0.3 is 17.2 Å². The SMILES string of the molecule is Nc1ccn([C@H]2C[C@@H](OP([O-])(=S)OC[C@H]3O[C@@H](n4cnc5c(=O)[nH]c(N)nc54)C[C@H]3OP(=O)([S-])OC[C@H]3O[C@@H](n4cnc5c(N)ncnc54)C[C@H]3O)[C@@H](CO)O2)c(=O)n1.Nc1ncnc2c1ncn2[C@H]1C[C@@H](O)[C@@H](COP([O-])(=S)O[C@@H]2C[C@H](n3cnc4c(N)ncnc43)O[C@@H]2COP([O-])(=S)O[C@@H]2C[C@H]([n+]3c(N)[nH]c(=O)c4[nH]cnc43)O[C@@H]2CO)O1. The van der Waals surface area contributed by atoms with Crippen LogP contribution >= 0.6 is 27.0 Å². The first-order chi connectivity index (χ1) is 57.3. The molecular weight excluding hydrogens is 1750 g/mol. The number of nitrogen functional groups attached to an aromatic ring is 6. The van der Waals surface area contributed by atoms with Crippen LogP contribution in [0.4, 0.5) is 35.2 Å². The van der Waals surface area contributed by atoms with E-state index in [1.165, 1.54) is 72.0 Å². The molecule has 0 aromatic carbocycles. The summed E-state index contributed by atoms with van der Waals surface area (Å²) in [5.41, 5.74) is 35.8. The van der Waals surface area contributed by atoms with Crippen LogP contribution in [-0.2, 0) is 117 Å². The zero-order valence-corrected chi connectivity index (χ0v) is 68.2. The van der Waals surface area contributed by atoms with Gasteiger partial charge in [-0.1, -0.05) is 35.4 Å². The average molecular weight is 1820 g/mol. The van der Waals surface area contributed by atoms with E-state index in [4.69, 9.17) is 147 Å². The molecule has 6 aliphatic heterocycles. The number of imidazole rings is 5. The van der Waals surface area contributed by atoms with Crippen LogP contribution in [-0.4, -0.2) is 236 Å². The number of aliphatic hydroxyl groups is 4. The monoisotopic (exact) mass is 1820 g/mol. The van der Waals surface area contributed by atoms with Gasteiger partial charge < -0.3 is 151 Å². The van der Waals surface area contributed by atoms with Gasteiger partial charge in [0.05, 0.1) is 102 Å². The molecule has 6 fully saturated rings. The van der Waals surface area contributed by atoms with Crippen LogP contribution < -0.4 is 70.5 Å². The van der Waals surface area contributed by atoms with Crippen LogP contribution in [0, 0.1) is 0 Å². The number of ether oxygens (including phenoxy) is 6. The molecule has 17 rings (SSSR count). The third-order valence-corrected chi connectivity index (χ3v) is 26.3. The Kier molecular flexibility index (Phi) is 24.5. The number of nitrogens with one attached hydrogen (secondary N) is 3. The summed E-state index contributed by atoms with van der Waals surface area (Å²) in [6.07, 6.45) is -6.35. The Labute approximate surface area is 690 Å². The summed E-state index contributed by atoms with van der Waals surface area (Å²) < 4.78 is 104. The maximum atomic E-state index is 13.8. The zero-order chi connectivity index (χ0) is 84.6. The predicted octanol–water partition coefficient (Wildman–Crippen LogP) is -4.62. The molecule has 17 heterocycles. The van der Waals surface area contributed by atoms with Gasteiger partial charge in [0.25, 0.3) is 11.2 Å². The lowest BCUT2D eigenvalue weighted by atomic mass is 10.2. The van der Waals surface area contributed by atoms with Crippen LogP contribution in [0.2, 0.25) is 0 Å². The molecule has 53 nitrogen and oxygen atoms in total. The minimum atomic E-state index is -4.42. The Morgan fingerprint density at radius 3 is 1.42 bits per heavy atom. The molecule has 0 saturated carbocycles. The molecule has 6 aliphatic rings. The number of H-pyrrole nitrogens is 3. The van der Waals surface area contributed by atoms with Gasteiger partial charge in [0.2, 0.25) is 5.95 Å². The van der Waals surface area contributed by atoms with Gasteiger partial charge in [-0.15, -0.1) is 4.98 Å². The third kappa shape index (κ3) is 18.0. The van der Waals surface area contributed by atoms with Crippen molar-refractivity contribution in [3.63, 3.8) is 0 Å². The van der Waals surface area contributed by atoms with Crippen LogP contribution in [0.1, 0.15) is 75.9 Å². The fourth-order valence-corrected chi connectivity index (χ4v) is 20.2. The Hall–Kier alpha value is -8.28. The molecule has 0 bridgehead atoms. The van der Waals surface area contributed by atoms with E-state index in [0.717, 1.165) is 4.57 Å². The molecule has 0 amide bonds. The highest BCUT2D eigenvalue weighted by molar-refractivity contribution is 8.32. The average Bonchev–Trinajstić information content (AvgIpc) is 1.60. The Morgan fingerprint density at radius 1 is 0.500 bits per heavy atom. The first-order valence-corrected chi connectivity index (χ1v) is 46.2. The number of fused-ring (bicyclic) bond motifs is 5.